The normalized spacial score (nSPS) is 18.6. The van der Waals surface area contributed by atoms with Crippen molar-refractivity contribution in [2.45, 2.75) is 33.6 Å². The molecule has 0 saturated carbocycles. The van der Waals surface area contributed by atoms with E-state index in [-0.39, 0.29) is 23.0 Å². The summed E-state index contributed by atoms with van der Waals surface area (Å²) >= 11 is 0. The molecule has 0 spiro atoms. The Bertz CT molecular complexity index is 540. The van der Waals surface area contributed by atoms with Crippen LogP contribution >= 0.6 is 0 Å². The average Bonchev–Trinajstić information content (AvgIpc) is 2.26. The Balaban J connectivity index is 2.36. The van der Waals surface area contributed by atoms with Gasteiger partial charge in [0.1, 0.15) is 0 Å². The first kappa shape index (κ1) is 13.5. The molecule has 0 aliphatic carbocycles. The molecule has 0 N–H and O–H groups in total. The number of rotatable bonds is 2. The number of hydrogen-bond acceptors (Lipinski definition) is 3. The summed E-state index contributed by atoms with van der Waals surface area (Å²) in [5.74, 6) is -0.497. The largest absolute Gasteiger partial charge is 0.295 e. The van der Waals surface area contributed by atoms with Crippen molar-refractivity contribution < 1.29 is 14.4 Å². The number of amides is 2. The summed E-state index contributed by atoms with van der Waals surface area (Å²) in [5, 5.41) is 0. The molecule has 2 rings (SSSR count). The molecule has 0 aromatic heterocycles. The Kier molecular flexibility index (Phi) is 3.27. The van der Waals surface area contributed by atoms with E-state index in [1.165, 1.54) is 11.8 Å². The molecule has 1 heterocycles. The van der Waals surface area contributed by atoms with Crippen molar-refractivity contribution in [2.75, 3.05) is 4.90 Å². The third kappa shape index (κ3) is 2.72. The van der Waals surface area contributed by atoms with Crippen LogP contribution in [0.25, 0.3) is 0 Å². The van der Waals surface area contributed by atoms with Crippen molar-refractivity contribution in [1.82, 2.24) is 0 Å². The topological polar surface area (TPSA) is 54.5 Å². The number of carbonyl (C=O) groups is 3. The Morgan fingerprint density at radius 2 is 1.74 bits per heavy atom. The van der Waals surface area contributed by atoms with Gasteiger partial charge in [-0.15, -0.1) is 0 Å². The molecular weight excluding hydrogens is 242 g/mol. The van der Waals surface area contributed by atoms with Crippen LogP contribution in [0.2, 0.25) is 0 Å². The van der Waals surface area contributed by atoms with Gasteiger partial charge in [0, 0.05) is 18.4 Å². The highest BCUT2D eigenvalue weighted by Gasteiger charge is 2.38. The zero-order valence-electron chi connectivity index (χ0n) is 11.4. The average molecular weight is 259 g/mol. The predicted octanol–water partition coefficient (Wildman–Crippen LogP) is 2.57. The third-order valence-corrected chi connectivity index (χ3v) is 3.27. The monoisotopic (exact) mass is 259 g/mol. The number of benzene rings is 1. The van der Waals surface area contributed by atoms with Gasteiger partial charge in [-0.2, -0.15) is 0 Å². The molecule has 1 aliphatic heterocycles. The van der Waals surface area contributed by atoms with Crippen molar-refractivity contribution in [2.24, 2.45) is 5.41 Å². The lowest BCUT2D eigenvalue weighted by Crippen LogP contribution is -2.46. The highest BCUT2D eigenvalue weighted by Crippen LogP contribution is 2.34. The fourth-order valence-corrected chi connectivity index (χ4v) is 2.33. The van der Waals surface area contributed by atoms with Crippen molar-refractivity contribution in [3.8, 4) is 0 Å². The van der Waals surface area contributed by atoms with E-state index in [0.29, 0.717) is 24.1 Å². The van der Waals surface area contributed by atoms with Gasteiger partial charge in [0.05, 0.1) is 5.69 Å². The molecule has 4 nitrogen and oxygen atoms in total. The lowest BCUT2D eigenvalue weighted by atomic mass is 9.81. The maximum Gasteiger partial charge on any atom is 0.234 e. The molecule has 1 aromatic carbocycles. The number of hydrogen-bond donors (Lipinski definition) is 0. The number of piperidine rings is 1. The number of nitrogens with zero attached hydrogens (tertiary/aromatic N) is 1. The van der Waals surface area contributed by atoms with E-state index in [0.717, 1.165) is 0 Å². The minimum atomic E-state index is -0.289. The molecule has 1 aromatic rings. The fraction of sp³-hybridized carbons (Fsp3) is 0.400. The number of Topliss-reactive ketones (excluding diaryl/α,β-unsaturated/α-hetero) is 1. The van der Waals surface area contributed by atoms with E-state index in [1.54, 1.807) is 24.3 Å². The van der Waals surface area contributed by atoms with E-state index in [4.69, 9.17) is 0 Å². The highest BCUT2D eigenvalue weighted by molar-refractivity contribution is 6.17. The van der Waals surface area contributed by atoms with E-state index in [1.807, 2.05) is 13.8 Å². The van der Waals surface area contributed by atoms with Crippen LogP contribution in [0.5, 0.6) is 0 Å². The quantitative estimate of drug-likeness (QED) is 0.606. The second kappa shape index (κ2) is 4.61. The third-order valence-electron chi connectivity index (χ3n) is 3.27. The predicted molar refractivity (Wildman–Crippen MR) is 72.0 cm³/mol. The first-order chi connectivity index (χ1) is 8.80. The minimum absolute atomic E-state index is 0.0842. The zero-order chi connectivity index (χ0) is 14.2. The number of ketones is 1. The Labute approximate surface area is 112 Å². The molecule has 1 saturated heterocycles. The SMILES string of the molecule is CC(=O)c1cccc(N2C(=O)CC(C)(C)CC2=O)c1. The molecule has 0 bridgehead atoms. The van der Waals surface area contributed by atoms with Crippen LogP contribution in [0.15, 0.2) is 24.3 Å². The first-order valence-electron chi connectivity index (χ1n) is 6.27. The van der Waals surface area contributed by atoms with Crippen molar-refractivity contribution in [1.29, 1.82) is 0 Å². The maximum absolute atomic E-state index is 12.1. The maximum atomic E-state index is 12.1. The van der Waals surface area contributed by atoms with Crippen LogP contribution in [0, 0.1) is 5.41 Å². The van der Waals surface area contributed by atoms with Crippen molar-refractivity contribution in [3.63, 3.8) is 0 Å². The molecule has 1 fully saturated rings. The Morgan fingerprint density at radius 3 is 2.26 bits per heavy atom. The molecule has 19 heavy (non-hydrogen) atoms. The van der Waals surface area contributed by atoms with Crippen LogP contribution in [0.4, 0.5) is 5.69 Å². The van der Waals surface area contributed by atoms with Gasteiger partial charge in [-0.3, -0.25) is 19.3 Å². The second-order valence-electron chi connectivity index (χ2n) is 5.75. The fourth-order valence-electron chi connectivity index (χ4n) is 2.33. The molecule has 0 atom stereocenters. The Hall–Kier alpha value is -1.97. The van der Waals surface area contributed by atoms with Crippen LogP contribution in [0.3, 0.4) is 0 Å². The zero-order valence-corrected chi connectivity index (χ0v) is 11.4. The van der Waals surface area contributed by atoms with Gasteiger partial charge in [-0.1, -0.05) is 26.0 Å². The highest BCUT2D eigenvalue weighted by atomic mass is 16.2. The van der Waals surface area contributed by atoms with Gasteiger partial charge < -0.3 is 0 Å². The summed E-state index contributed by atoms with van der Waals surface area (Å²) in [4.78, 5) is 36.8. The standard InChI is InChI=1S/C15H17NO3/c1-10(17)11-5-4-6-12(7-11)16-13(18)8-15(2,3)9-14(16)19/h4-7H,8-9H2,1-3H3. The summed E-state index contributed by atoms with van der Waals surface area (Å²) in [5.41, 5.74) is 0.698. The first-order valence-corrected chi connectivity index (χ1v) is 6.27. The molecule has 0 radical (unpaired) electrons. The molecular formula is C15H17NO3. The van der Waals surface area contributed by atoms with Crippen LogP contribution < -0.4 is 4.90 Å². The van der Waals surface area contributed by atoms with Crippen LogP contribution in [-0.2, 0) is 9.59 Å². The molecule has 4 heteroatoms. The minimum Gasteiger partial charge on any atom is -0.295 e. The summed E-state index contributed by atoms with van der Waals surface area (Å²) < 4.78 is 0. The van der Waals surface area contributed by atoms with Gasteiger partial charge in [0.15, 0.2) is 5.78 Å². The lowest BCUT2D eigenvalue weighted by molar-refractivity contribution is -0.132. The summed E-state index contributed by atoms with van der Waals surface area (Å²) in [6.07, 6.45) is 0.673. The summed E-state index contributed by atoms with van der Waals surface area (Å²) in [6, 6.07) is 6.64. The number of imide groups is 1. The second-order valence-corrected chi connectivity index (χ2v) is 5.75. The molecule has 0 unspecified atom stereocenters. The van der Waals surface area contributed by atoms with E-state index < -0.39 is 0 Å². The molecule has 2 amide bonds. The van der Waals surface area contributed by atoms with Crippen molar-refractivity contribution in [3.05, 3.63) is 29.8 Å². The van der Waals surface area contributed by atoms with Crippen LogP contribution in [0.1, 0.15) is 44.0 Å². The smallest absolute Gasteiger partial charge is 0.234 e. The number of carbonyl (C=O) groups excluding carboxylic acids is 3. The summed E-state index contributed by atoms with van der Waals surface area (Å²) in [6.45, 7) is 5.28. The van der Waals surface area contributed by atoms with E-state index >= 15 is 0 Å². The van der Waals surface area contributed by atoms with E-state index in [2.05, 4.69) is 0 Å². The summed E-state index contributed by atoms with van der Waals surface area (Å²) in [7, 11) is 0. The molecule has 100 valence electrons. The lowest BCUT2D eigenvalue weighted by Gasteiger charge is -2.34. The van der Waals surface area contributed by atoms with E-state index in [9.17, 15) is 14.4 Å². The van der Waals surface area contributed by atoms with Crippen LogP contribution in [-0.4, -0.2) is 17.6 Å². The number of anilines is 1. The van der Waals surface area contributed by atoms with Gasteiger partial charge in [-0.25, -0.2) is 0 Å². The van der Waals surface area contributed by atoms with Gasteiger partial charge in [-0.05, 0) is 24.5 Å². The van der Waals surface area contributed by atoms with Gasteiger partial charge >= 0.3 is 0 Å². The molecule has 1 aliphatic rings. The van der Waals surface area contributed by atoms with Gasteiger partial charge in [0.25, 0.3) is 0 Å². The Morgan fingerprint density at radius 1 is 1.16 bits per heavy atom. The van der Waals surface area contributed by atoms with Gasteiger partial charge in [0.2, 0.25) is 11.8 Å². The van der Waals surface area contributed by atoms with Crippen molar-refractivity contribution >= 4 is 23.3 Å².